The number of anilines is 1. The Morgan fingerprint density at radius 3 is 2.38 bits per heavy atom. The van der Waals surface area contributed by atoms with Crippen molar-refractivity contribution in [1.82, 2.24) is 4.98 Å². The van der Waals surface area contributed by atoms with Gasteiger partial charge in [0.2, 0.25) is 0 Å². The molecule has 72 valence electrons. The number of pyridine rings is 1. The fourth-order valence-electron chi connectivity index (χ4n) is 1.14. The van der Waals surface area contributed by atoms with Gasteiger partial charge in [-0.25, -0.2) is 0 Å². The highest BCUT2D eigenvalue weighted by atomic mass is 15.0. The van der Waals surface area contributed by atoms with E-state index < -0.39 is 0 Å². The smallest absolute Gasteiger partial charge is 0.0530 e. The highest BCUT2D eigenvalue weighted by Crippen LogP contribution is 2.13. The Kier molecular flexibility index (Phi) is 2.91. The SMILES string of the molecule is CCc1ccc(NC(C)(C)C)cn1. The lowest BCUT2D eigenvalue weighted by Crippen LogP contribution is -2.26. The Morgan fingerprint density at radius 2 is 2.00 bits per heavy atom. The maximum absolute atomic E-state index is 4.32. The Bertz CT molecular complexity index is 256. The van der Waals surface area contributed by atoms with Crippen LogP contribution < -0.4 is 5.32 Å². The summed E-state index contributed by atoms with van der Waals surface area (Å²) in [4.78, 5) is 4.32. The molecule has 1 heterocycles. The van der Waals surface area contributed by atoms with Gasteiger partial charge in [-0.1, -0.05) is 6.92 Å². The first-order valence-corrected chi connectivity index (χ1v) is 4.74. The van der Waals surface area contributed by atoms with Gasteiger partial charge in [0.15, 0.2) is 0 Å². The van der Waals surface area contributed by atoms with Gasteiger partial charge < -0.3 is 5.32 Å². The molecule has 0 bridgehead atoms. The van der Waals surface area contributed by atoms with Crippen LogP contribution in [0.15, 0.2) is 18.3 Å². The molecule has 0 radical (unpaired) electrons. The summed E-state index contributed by atoms with van der Waals surface area (Å²) < 4.78 is 0. The average Bonchev–Trinajstić information content (AvgIpc) is 2.03. The molecule has 0 saturated carbocycles. The van der Waals surface area contributed by atoms with Crippen molar-refractivity contribution >= 4 is 5.69 Å². The summed E-state index contributed by atoms with van der Waals surface area (Å²) in [5.41, 5.74) is 2.33. The maximum Gasteiger partial charge on any atom is 0.0530 e. The molecule has 0 saturated heterocycles. The van der Waals surface area contributed by atoms with Crippen LogP contribution in [-0.2, 0) is 6.42 Å². The van der Waals surface area contributed by atoms with Crippen LogP contribution in [0.5, 0.6) is 0 Å². The van der Waals surface area contributed by atoms with Gasteiger partial charge in [0, 0.05) is 11.2 Å². The van der Waals surface area contributed by atoms with E-state index in [0.717, 1.165) is 17.8 Å². The van der Waals surface area contributed by atoms with Gasteiger partial charge in [-0.3, -0.25) is 4.98 Å². The quantitative estimate of drug-likeness (QED) is 0.753. The molecular formula is C11H18N2. The molecule has 13 heavy (non-hydrogen) atoms. The summed E-state index contributed by atoms with van der Waals surface area (Å²) in [6.07, 6.45) is 2.89. The molecule has 0 aliphatic heterocycles. The van der Waals surface area contributed by atoms with Gasteiger partial charge in [-0.2, -0.15) is 0 Å². The molecule has 1 aromatic rings. The molecule has 1 N–H and O–H groups in total. The minimum Gasteiger partial charge on any atom is -0.379 e. The number of aryl methyl sites for hydroxylation is 1. The zero-order valence-corrected chi connectivity index (χ0v) is 8.89. The third-order valence-corrected chi connectivity index (χ3v) is 1.71. The van der Waals surface area contributed by atoms with Crippen LogP contribution in [-0.4, -0.2) is 10.5 Å². The number of nitrogens with zero attached hydrogens (tertiary/aromatic N) is 1. The molecule has 2 heteroatoms. The lowest BCUT2D eigenvalue weighted by atomic mass is 10.1. The first-order chi connectivity index (χ1) is 6.01. The predicted octanol–water partition coefficient (Wildman–Crippen LogP) is 2.85. The van der Waals surface area contributed by atoms with Crippen LogP contribution >= 0.6 is 0 Å². The summed E-state index contributed by atoms with van der Waals surface area (Å²) in [7, 11) is 0. The first-order valence-electron chi connectivity index (χ1n) is 4.74. The summed E-state index contributed by atoms with van der Waals surface area (Å²) in [5, 5.41) is 3.37. The molecule has 0 amide bonds. The van der Waals surface area contributed by atoms with Crippen LogP contribution in [0.4, 0.5) is 5.69 Å². The predicted molar refractivity (Wildman–Crippen MR) is 57.0 cm³/mol. The molecule has 0 aliphatic rings. The number of rotatable bonds is 2. The normalized spacial score (nSPS) is 11.4. The Morgan fingerprint density at radius 1 is 1.31 bits per heavy atom. The second kappa shape index (κ2) is 3.77. The maximum atomic E-state index is 4.32. The Hall–Kier alpha value is -1.05. The highest BCUT2D eigenvalue weighted by Gasteiger charge is 2.08. The van der Waals surface area contributed by atoms with Crippen LogP contribution in [0.25, 0.3) is 0 Å². The van der Waals surface area contributed by atoms with Crippen molar-refractivity contribution in [2.45, 2.75) is 39.7 Å². The van der Waals surface area contributed by atoms with Crippen molar-refractivity contribution in [3.8, 4) is 0 Å². The Labute approximate surface area is 80.4 Å². The van der Waals surface area contributed by atoms with Crippen LogP contribution in [0, 0.1) is 0 Å². The van der Waals surface area contributed by atoms with Gasteiger partial charge in [-0.15, -0.1) is 0 Å². The van der Waals surface area contributed by atoms with E-state index in [1.807, 2.05) is 6.20 Å². The molecule has 0 unspecified atom stereocenters. The third-order valence-electron chi connectivity index (χ3n) is 1.71. The average molecular weight is 178 g/mol. The summed E-state index contributed by atoms with van der Waals surface area (Å²) >= 11 is 0. The van der Waals surface area contributed by atoms with Crippen LogP contribution in [0.3, 0.4) is 0 Å². The van der Waals surface area contributed by atoms with E-state index in [9.17, 15) is 0 Å². The van der Waals surface area contributed by atoms with Gasteiger partial charge in [-0.05, 0) is 39.3 Å². The lowest BCUT2D eigenvalue weighted by Gasteiger charge is -2.21. The van der Waals surface area contributed by atoms with Gasteiger partial charge in [0.1, 0.15) is 0 Å². The van der Waals surface area contributed by atoms with E-state index in [2.05, 4.69) is 50.1 Å². The van der Waals surface area contributed by atoms with E-state index in [1.165, 1.54) is 0 Å². The number of aromatic nitrogens is 1. The van der Waals surface area contributed by atoms with Crippen molar-refractivity contribution < 1.29 is 0 Å². The van der Waals surface area contributed by atoms with E-state index >= 15 is 0 Å². The second-order valence-electron chi connectivity index (χ2n) is 4.27. The zero-order chi connectivity index (χ0) is 9.90. The molecule has 0 aromatic carbocycles. The highest BCUT2D eigenvalue weighted by molar-refractivity contribution is 5.42. The van der Waals surface area contributed by atoms with Crippen molar-refractivity contribution in [3.63, 3.8) is 0 Å². The molecule has 1 aromatic heterocycles. The van der Waals surface area contributed by atoms with Gasteiger partial charge >= 0.3 is 0 Å². The summed E-state index contributed by atoms with van der Waals surface area (Å²) in [6, 6.07) is 4.14. The molecule has 1 rings (SSSR count). The minimum absolute atomic E-state index is 0.107. The standard InChI is InChI=1S/C11H18N2/c1-5-9-6-7-10(8-12-9)13-11(2,3)4/h6-8,13H,5H2,1-4H3. The molecule has 0 spiro atoms. The van der Waals surface area contributed by atoms with Crippen LogP contribution in [0.1, 0.15) is 33.4 Å². The fraction of sp³-hybridized carbons (Fsp3) is 0.545. The monoisotopic (exact) mass is 178 g/mol. The molecular weight excluding hydrogens is 160 g/mol. The summed E-state index contributed by atoms with van der Waals surface area (Å²) in [6.45, 7) is 8.53. The van der Waals surface area contributed by atoms with Gasteiger partial charge in [0.25, 0.3) is 0 Å². The molecule has 2 nitrogen and oxygen atoms in total. The second-order valence-corrected chi connectivity index (χ2v) is 4.27. The van der Waals surface area contributed by atoms with E-state index in [-0.39, 0.29) is 5.54 Å². The first kappa shape index (κ1) is 10.0. The van der Waals surface area contributed by atoms with Gasteiger partial charge in [0.05, 0.1) is 11.9 Å². The minimum atomic E-state index is 0.107. The van der Waals surface area contributed by atoms with Crippen LogP contribution in [0.2, 0.25) is 0 Å². The summed E-state index contributed by atoms with van der Waals surface area (Å²) in [5.74, 6) is 0. The van der Waals surface area contributed by atoms with E-state index in [4.69, 9.17) is 0 Å². The molecule has 0 atom stereocenters. The topological polar surface area (TPSA) is 24.9 Å². The number of hydrogen-bond acceptors (Lipinski definition) is 2. The Balaban J connectivity index is 2.70. The molecule has 0 aliphatic carbocycles. The van der Waals surface area contributed by atoms with Crippen molar-refractivity contribution in [2.24, 2.45) is 0 Å². The fourth-order valence-corrected chi connectivity index (χ4v) is 1.14. The van der Waals surface area contributed by atoms with E-state index in [1.54, 1.807) is 0 Å². The molecule has 0 fully saturated rings. The number of nitrogens with one attached hydrogen (secondary N) is 1. The van der Waals surface area contributed by atoms with Crippen molar-refractivity contribution in [2.75, 3.05) is 5.32 Å². The number of hydrogen-bond donors (Lipinski definition) is 1. The third kappa shape index (κ3) is 3.45. The van der Waals surface area contributed by atoms with Crippen molar-refractivity contribution in [1.29, 1.82) is 0 Å². The zero-order valence-electron chi connectivity index (χ0n) is 8.89. The van der Waals surface area contributed by atoms with Crippen molar-refractivity contribution in [3.05, 3.63) is 24.0 Å². The lowest BCUT2D eigenvalue weighted by molar-refractivity contribution is 0.633. The van der Waals surface area contributed by atoms with E-state index in [0.29, 0.717) is 0 Å². The largest absolute Gasteiger partial charge is 0.379 e.